The molecule has 2 aliphatic rings. The number of benzene rings is 5. The van der Waals surface area contributed by atoms with Crippen LogP contribution in [0.25, 0.3) is 46.6 Å². The Balaban J connectivity index is 1.25. The van der Waals surface area contributed by atoms with Gasteiger partial charge in [-0.1, -0.05) is 138 Å². The molecule has 0 radical (unpaired) electrons. The highest BCUT2D eigenvalue weighted by Crippen LogP contribution is 2.26. The van der Waals surface area contributed by atoms with E-state index in [1.54, 1.807) is 7.11 Å². The van der Waals surface area contributed by atoms with Gasteiger partial charge in [-0.25, -0.2) is 0 Å². The van der Waals surface area contributed by atoms with Gasteiger partial charge in [0.05, 0.1) is 7.11 Å². The van der Waals surface area contributed by atoms with Crippen molar-refractivity contribution in [1.29, 1.82) is 0 Å². The van der Waals surface area contributed by atoms with E-state index in [1.165, 1.54) is 71.9 Å². The lowest BCUT2D eigenvalue weighted by Gasteiger charge is -2.19. The Morgan fingerprint density at radius 2 is 0.829 bits per heavy atom. The third-order valence-electron chi connectivity index (χ3n) is 9.02. The van der Waals surface area contributed by atoms with Gasteiger partial charge in [0.25, 0.3) is 0 Å². The summed E-state index contributed by atoms with van der Waals surface area (Å²) in [6, 6.07) is 35.9. The minimum Gasteiger partial charge on any atom is -0.497 e. The highest BCUT2D eigenvalue weighted by Gasteiger charge is 2.26. The van der Waals surface area contributed by atoms with Gasteiger partial charge in [-0.05, 0) is 75.7 Å². The number of fused-ring (bicyclic) bond motifs is 4. The largest absolute Gasteiger partial charge is 0.497 e. The van der Waals surface area contributed by atoms with Crippen LogP contribution < -0.4 is 26.6 Å². The van der Waals surface area contributed by atoms with Gasteiger partial charge in [-0.2, -0.15) is 0 Å². The Kier molecular flexibility index (Phi) is 6.31. The first-order valence-corrected chi connectivity index (χ1v) is 14.5. The zero-order valence-electron chi connectivity index (χ0n) is 24.1. The van der Waals surface area contributed by atoms with Crippen LogP contribution in [-0.4, -0.2) is 20.5 Å². The van der Waals surface area contributed by atoms with Gasteiger partial charge in [-0.3, -0.25) is 0 Å². The summed E-state index contributed by atoms with van der Waals surface area (Å²) in [4.78, 5) is 0. The molecule has 0 N–H and O–H groups in total. The fourth-order valence-electron chi connectivity index (χ4n) is 6.52. The highest BCUT2D eigenvalue weighted by molar-refractivity contribution is 6.87. The van der Waals surface area contributed by atoms with E-state index in [9.17, 15) is 0 Å². The fourth-order valence-corrected chi connectivity index (χ4v) is 6.52. The second-order valence-electron chi connectivity index (χ2n) is 11.5. The zero-order valence-corrected chi connectivity index (χ0v) is 24.1. The fraction of sp³-hybridized carbons (Fsp3) is 0.105. The number of rotatable bonds is 3. The number of aryl methyl sites for hydroxylation is 1. The second-order valence-corrected chi connectivity index (χ2v) is 11.5. The van der Waals surface area contributed by atoms with E-state index < -0.39 is 0 Å². The molecule has 196 valence electrons. The van der Waals surface area contributed by atoms with Gasteiger partial charge in [0, 0.05) is 0 Å². The Labute approximate surface area is 244 Å². The van der Waals surface area contributed by atoms with Crippen LogP contribution in [-0.2, 0) is 0 Å². The lowest BCUT2D eigenvalue weighted by atomic mass is 9.38. The van der Waals surface area contributed by atoms with Crippen molar-refractivity contribution in [2.24, 2.45) is 0 Å². The summed E-state index contributed by atoms with van der Waals surface area (Å²) in [6.45, 7) is 7.44. The first-order valence-electron chi connectivity index (χ1n) is 14.5. The van der Waals surface area contributed by atoms with Gasteiger partial charge in [0.1, 0.15) is 5.75 Å². The van der Waals surface area contributed by atoms with Crippen molar-refractivity contribution in [1.82, 2.24) is 0 Å². The molecule has 41 heavy (non-hydrogen) atoms. The van der Waals surface area contributed by atoms with Crippen molar-refractivity contribution in [3.63, 3.8) is 0 Å². The molecule has 3 heteroatoms. The van der Waals surface area contributed by atoms with Gasteiger partial charge >= 0.3 is 0 Å². The topological polar surface area (TPSA) is 9.23 Å². The molecule has 0 atom stereocenters. The van der Waals surface area contributed by atoms with Crippen LogP contribution in [0, 0.1) is 6.92 Å². The summed E-state index contributed by atoms with van der Waals surface area (Å²) in [5.41, 5.74) is 17.0. The second kappa shape index (κ2) is 10.2. The molecular formula is C38H32B2O. The molecule has 0 spiro atoms. The van der Waals surface area contributed by atoms with E-state index in [1.807, 2.05) is 12.1 Å². The molecule has 0 aromatic heterocycles. The Hall–Kier alpha value is -4.49. The summed E-state index contributed by atoms with van der Waals surface area (Å²) >= 11 is 0. The molecule has 0 aliphatic carbocycles. The quantitative estimate of drug-likeness (QED) is 0.236. The molecule has 2 heterocycles. The molecule has 2 aliphatic heterocycles. The third kappa shape index (κ3) is 4.56. The van der Waals surface area contributed by atoms with Gasteiger partial charge < -0.3 is 4.74 Å². The van der Waals surface area contributed by atoms with E-state index >= 15 is 0 Å². The molecule has 1 nitrogen and oxygen atoms in total. The third-order valence-corrected chi connectivity index (χ3v) is 9.02. The van der Waals surface area contributed by atoms with Crippen LogP contribution in [0.15, 0.2) is 97.1 Å². The van der Waals surface area contributed by atoms with Crippen molar-refractivity contribution in [2.75, 3.05) is 7.11 Å². The summed E-state index contributed by atoms with van der Waals surface area (Å²) in [6.07, 6.45) is 9.26. The van der Waals surface area contributed by atoms with Crippen LogP contribution in [0.4, 0.5) is 0 Å². The number of ether oxygens (including phenoxy) is 1. The van der Waals surface area contributed by atoms with Crippen LogP contribution in [0.3, 0.4) is 0 Å². The first-order chi connectivity index (χ1) is 20.0. The van der Waals surface area contributed by atoms with Gasteiger partial charge in [0.2, 0.25) is 13.4 Å². The molecule has 0 saturated heterocycles. The average Bonchev–Trinajstić information content (AvgIpc) is 3.23. The minimum atomic E-state index is 0.299. The first kappa shape index (κ1) is 25.5. The monoisotopic (exact) mass is 526 g/mol. The maximum absolute atomic E-state index is 5.35. The molecule has 5 aromatic rings. The van der Waals surface area contributed by atoms with Crippen molar-refractivity contribution in [3.8, 4) is 28.0 Å². The van der Waals surface area contributed by atoms with Crippen LogP contribution >= 0.6 is 0 Å². The SMILES string of the molecule is COc1ccc(-c2ccc3c(c2)C=Cc2cc4c(cc2B3C)C=Cc2cc(-c3ccc(C)cc3)ccc2B4C)cc1. The Bertz CT molecular complexity index is 1850. The van der Waals surface area contributed by atoms with Crippen molar-refractivity contribution in [2.45, 2.75) is 20.6 Å². The van der Waals surface area contributed by atoms with E-state index in [2.05, 4.69) is 130 Å². The molecule has 7 rings (SSSR count). The zero-order chi connectivity index (χ0) is 28.1. The standard InChI is InChI=1S/C38H32B2O/c1-25-5-7-26(8-6-25)28-15-19-35-30(21-28)9-11-32-23-38-33(24-37(32)39(35)2)12-10-31-22-29(16-20-36(31)40(38)3)27-13-17-34(41-4)18-14-27/h5-24H,1-4H3. The van der Waals surface area contributed by atoms with E-state index in [0.717, 1.165) is 5.75 Å². The smallest absolute Gasteiger partial charge is 0.207 e. The van der Waals surface area contributed by atoms with E-state index in [0.29, 0.717) is 13.4 Å². The van der Waals surface area contributed by atoms with Crippen molar-refractivity contribution >= 4 is 59.6 Å². The molecule has 5 aromatic carbocycles. The molecule has 0 unspecified atom stereocenters. The lowest BCUT2D eigenvalue weighted by Crippen LogP contribution is -2.45. The maximum atomic E-state index is 5.35. The predicted octanol–water partition coefficient (Wildman–Crippen LogP) is 6.78. The highest BCUT2D eigenvalue weighted by atomic mass is 16.5. The number of hydrogen-bond donors (Lipinski definition) is 0. The number of hydrogen-bond acceptors (Lipinski definition) is 1. The normalized spacial score (nSPS) is 13.1. The maximum Gasteiger partial charge on any atom is 0.207 e. The van der Waals surface area contributed by atoms with E-state index in [-0.39, 0.29) is 0 Å². The minimum absolute atomic E-state index is 0.299. The van der Waals surface area contributed by atoms with E-state index in [4.69, 9.17) is 4.74 Å². The molecule has 0 saturated carbocycles. The molecule has 0 bridgehead atoms. The van der Waals surface area contributed by atoms with Crippen LogP contribution in [0.2, 0.25) is 13.6 Å². The Morgan fingerprint density at radius 1 is 0.439 bits per heavy atom. The average molecular weight is 526 g/mol. The number of methoxy groups -OCH3 is 1. The van der Waals surface area contributed by atoms with Crippen molar-refractivity contribution < 1.29 is 4.74 Å². The lowest BCUT2D eigenvalue weighted by molar-refractivity contribution is 0.415. The summed E-state index contributed by atoms with van der Waals surface area (Å²) in [5.74, 6) is 0.879. The summed E-state index contributed by atoms with van der Waals surface area (Å²) in [5, 5.41) is 0. The predicted molar refractivity (Wildman–Crippen MR) is 181 cm³/mol. The summed E-state index contributed by atoms with van der Waals surface area (Å²) in [7, 11) is 1.71. The molecule has 0 amide bonds. The Morgan fingerprint density at radius 3 is 1.27 bits per heavy atom. The van der Waals surface area contributed by atoms with Crippen LogP contribution in [0.1, 0.15) is 27.8 Å². The molecular weight excluding hydrogens is 494 g/mol. The summed E-state index contributed by atoms with van der Waals surface area (Å²) < 4.78 is 5.35. The van der Waals surface area contributed by atoms with Gasteiger partial charge in [-0.15, -0.1) is 0 Å². The van der Waals surface area contributed by atoms with Gasteiger partial charge in [0.15, 0.2) is 0 Å². The molecule has 0 fully saturated rings. The van der Waals surface area contributed by atoms with Crippen LogP contribution in [0.5, 0.6) is 5.75 Å². The van der Waals surface area contributed by atoms with Crippen molar-refractivity contribution in [3.05, 3.63) is 125 Å².